The predicted octanol–water partition coefficient (Wildman–Crippen LogP) is 0.578. The maximum absolute atomic E-state index is 12.2. The maximum atomic E-state index is 12.2. The molecule has 4 N–H and O–H groups in total. The Bertz CT molecular complexity index is 431. The summed E-state index contributed by atoms with van der Waals surface area (Å²) in [5, 5.41) is -0.176. The van der Waals surface area contributed by atoms with Crippen molar-refractivity contribution in [2.75, 3.05) is 0 Å². The third-order valence-corrected chi connectivity index (χ3v) is 1.72. The Balaban J connectivity index is 2.74. The summed E-state index contributed by atoms with van der Waals surface area (Å²) in [6.07, 6.45) is -3.92. The van der Waals surface area contributed by atoms with Gasteiger partial charge in [-0.3, -0.25) is 20.6 Å². The normalized spacial score (nSPS) is 10.8. The Labute approximate surface area is 99.2 Å². The summed E-state index contributed by atoms with van der Waals surface area (Å²) < 4.78 is 36.6. The SMILES string of the molecule is NC(=S)NNC(=O)c1ccc(C(F)(F)F)cn1. The molecule has 1 heterocycles. The molecule has 5 nitrogen and oxygen atoms in total. The van der Waals surface area contributed by atoms with Crippen molar-refractivity contribution in [1.29, 1.82) is 0 Å². The summed E-state index contributed by atoms with van der Waals surface area (Å²) in [5.74, 6) is -0.744. The molecular formula is C8H7F3N4OS. The van der Waals surface area contributed by atoms with Crippen molar-refractivity contribution >= 4 is 23.2 Å². The van der Waals surface area contributed by atoms with E-state index in [4.69, 9.17) is 5.73 Å². The number of rotatable bonds is 1. The zero-order chi connectivity index (χ0) is 13.1. The van der Waals surface area contributed by atoms with Gasteiger partial charge in [-0.2, -0.15) is 13.2 Å². The van der Waals surface area contributed by atoms with Crippen LogP contribution in [0.3, 0.4) is 0 Å². The Morgan fingerprint density at radius 1 is 1.35 bits per heavy atom. The lowest BCUT2D eigenvalue weighted by atomic mass is 10.2. The maximum Gasteiger partial charge on any atom is 0.417 e. The van der Waals surface area contributed by atoms with E-state index in [9.17, 15) is 18.0 Å². The number of thiocarbonyl (C=S) groups is 1. The number of hydrogen-bond acceptors (Lipinski definition) is 3. The summed E-state index contributed by atoms with van der Waals surface area (Å²) >= 11 is 4.42. The molecule has 0 aromatic carbocycles. The molecule has 0 saturated carbocycles. The summed E-state index contributed by atoms with van der Waals surface area (Å²) in [6, 6.07) is 1.70. The van der Waals surface area contributed by atoms with Crippen molar-refractivity contribution in [3.05, 3.63) is 29.6 Å². The lowest BCUT2D eigenvalue weighted by molar-refractivity contribution is -0.137. The Morgan fingerprint density at radius 2 is 2.00 bits per heavy atom. The molecule has 1 amide bonds. The van der Waals surface area contributed by atoms with Gasteiger partial charge in [0, 0.05) is 6.20 Å². The van der Waals surface area contributed by atoms with E-state index in [-0.39, 0.29) is 10.8 Å². The number of pyridine rings is 1. The van der Waals surface area contributed by atoms with E-state index in [1.807, 2.05) is 0 Å². The molecule has 0 atom stereocenters. The summed E-state index contributed by atoms with van der Waals surface area (Å²) in [7, 11) is 0. The van der Waals surface area contributed by atoms with Crippen LogP contribution < -0.4 is 16.6 Å². The third-order valence-electron chi connectivity index (χ3n) is 1.62. The van der Waals surface area contributed by atoms with Gasteiger partial charge >= 0.3 is 6.18 Å². The van der Waals surface area contributed by atoms with Crippen LogP contribution in [0.15, 0.2) is 18.3 Å². The van der Waals surface area contributed by atoms with Gasteiger partial charge in [-0.25, -0.2) is 0 Å². The molecule has 0 bridgehead atoms. The monoisotopic (exact) mass is 264 g/mol. The molecule has 0 radical (unpaired) electrons. The molecule has 0 aliphatic rings. The first kappa shape index (κ1) is 13.2. The van der Waals surface area contributed by atoms with Crippen molar-refractivity contribution in [3.8, 4) is 0 Å². The van der Waals surface area contributed by atoms with Crippen LogP contribution in [0.1, 0.15) is 16.1 Å². The largest absolute Gasteiger partial charge is 0.417 e. The van der Waals surface area contributed by atoms with Crippen LogP contribution in [0.5, 0.6) is 0 Å². The molecule has 17 heavy (non-hydrogen) atoms. The fraction of sp³-hybridized carbons (Fsp3) is 0.125. The van der Waals surface area contributed by atoms with Crippen LogP contribution >= 0.6 is 12.2 Å². The lowest BCUT2D eigenvalue weighted by Gasteiger charge is -2.08. The van der Waals surface area contributed by atoms with Crippen LogP contribution in [-0.2, 0) is 6.18 Å². The molecule has 0 unspecified atom stereocenters. The van der Waals surface area contributed by atoms with Gasteiger partial charge in [0.2, 0.25) is 0 Å². The van der Waals surface area contributed by atoms with E-state index >= 15 is 0 Å². The standard InChI is InChI=1S/C8H7F3N4OS/c9-8(10,11)4-1-2-5(13-3-4)6(16)14-15-7(12)17/h1-3H,(H,14,16)(H3,12,15,17). The first-order valence-corrected chi connectivity index (χ1v) is 4.60. The van der Waals surface area contributed by atoms with Gasteiger partial charge in [0.25, 0.3) is 5.91 Å². The molecule has 1 aromatic rings. The van der Waals surface area contributed by atoms with Crippen molar-refractivity contribution in [2.24, 2.45) is 5.73 Å². The highest BCUT2D eigenvalue weighted by Gasteiger charge is 2.30. The number of nitrogens with zero attached hydrogens (tertiary/aromatic N) is 1. The minimum Gasteiger partial charge on any atom is -0.375 e. The summed E-state index contributed by atoms with van der Waals surface area (Å²) in [4.78, 5) is 14.6. The van der Waals surface area contributed by atoms with Gasteiger partial charge in [0.1, 0.15) is 5.69 Å². The molecule has 1 aromatic heterocycles. The van der Waals surface area contributed by atoms with Gasteiger partial charge in [0.05, 0.1) is 5.56 Å². The van der Waals surface area contributed by atoms with Crippen LogP contribution in [0, 0.1) is 0 Å². The van der Waals surface area contributed by atoms with Crippen molar-refractivity contribution < 1.29 is 18.0 Å². The number of carbonyl (C=O) groups excluding carboxylic acids is 1. The van der Waals surface area contributed by atoms with Crippen LogP contribution in [0.25, 0.3) is 0 Å². The summed E-state index contributed by atoms with van der Waals surface area (Å²) in [5.41, 5.74) is 8.10. The predicted molar refractivity (Wildman–Crippen MR) is 56.6 cm³/mol. The van der Waals surface area contributed by atoms with E-state index < -0.39 is 17.6 Å². The van der Waals surface area contributed by atoms with Crippen LogP contribution in [0.2, 0.25) is 0 Å². The molecule has 92 valence electrons. The van der Waals surface area contributed by atoms with Gasteiger partial charge in [-0.05, 0) is 24.4 Å². The first-order valence-electron chi connectivity index (χ1n) is 4.20. The van der Waals surface area contributed by atoms with E-state index in [0.29, 0.717) is 6.20 Å². The highest BCUT2D eigenvalue weighted by molar-refractivity contribution is 7.80. The molecule has 1 rings (SSSR count). The Kier molecular flexibility index (Phi) is 3.84. The van der Waals surface area contributed by atoms with E-state index in [2.05, 4.69) is 28.1 Å². The first-order chi connectivity index (χ1) is 7.80. The molecule has 0 aliphatic heterocycles. The molecule has 0 aliphatic carbocycles. The number of hydrazine groups is 1. The topological polar surface area (TPSA) is 80.0 Å². The second kappa shape index (κ2) is 4.95. The number of aromatic nitrogens is 1. The molecule has 0 spiro atoms. The van der Waals surface area contributed by atoms with E-state index in [0.717, 1.165) is 12.1 Å². The zero-order valence-electron chi connectivity index (χ0n) is 8.21. The molecule has 0 saturated heterocycles. The average molecular weight is 264 g/mol. The second-order valence-electron chi connectivity index (χ2n) is 2.87. The van der Waals surface area contributed by atoms with Crippen LogP contribution in [-0.4, -0.2) is 16.0 Å². The van der Waals surface area contributed by atoms with Gasteiger partial charge in [-0.15, -0.1) is 0 Å². The smallest absolute Gasteiger partial charge is 0.375 e. The second-order valence-corrected chi connectivity index (χ2v) is 3.31. The minimum absolute atomic E-state index is 0.176. The lowest BCUT2D eigenvalue weighted by Crippen LogP contribution is -2.44. The Morgan fingerprint density at radius 3 is 2.41 bits per heavy atom. The minimum atomic E-state index is -4.49. The number of nitrogens with two attached hydrogens (primary N) is 1. The molecule has 0 fully saturated rings. The summed E-state index contributed by atoms with van der Waals surface area (Å²) in [6.45, 7) is 0. The third kappa shape index (κ3) is 3.87. The van der Waals surface area contributed by atoms with Crippen molar-refractivity contribution in [2.45, 2.75) is 6.18 Å². The average Bonchev–Trinajstić information content (AvgIpc) is 2.25. The molecular weight excluding hydrogens is 257 g/mol. The van der Waals surface area contributed by atoms with Gasteiger partial charge < -0.3 is 5.73 Å². The highest BCUT2D eigenvalue weighted by atomic mass is 32.1. The fourth-order valence-electron chi connectivity index (χ4n) is 0.878. The van der Waals surface area contributed by atoms with Crippen molar-refractivity contribution in [3.63, 3.8) is 0 Å². The number of halogens is 3. The number of amides is 1. The van der Waals surface area contributed by atoms with E-state index in [1.54, 1.807) is 0 Å². The van der Waals surface area contributed by atoms with Gasteiger partial charge in [-0.1, -0.05) is 0 Å². The van der Waals surface area contributed by atoms with Gasteiger partial charge in [0.15, 0.2) is 5.11 Å². The highest BCUT2D eigenvalue weighted by Crippen LogP contribution is 2.28. The Hall–Kier alpha value is -1.90. The quantitative estimate of drug-likeness (QED) is 0.510. The number of carbonyl (C=O) groups is 1. The van der Waals surface area contributed by atoms with Crippen LogP contribution in [0.4, 0.5) is 13.2 Å². The van der Waals surface area contributed by atoms with E-state index in [1.165, 1.54) is 0 Å². The molecule has 9 heteroatoms. The number of hydrogen-bond donors (Lipinski definition) is 3. The zero-order valence-corrected chi connectivity index (χ0v) is 9.02. The fourth-order valence-corrected chi connectivity index (χ4v) is 0.929. The number of alkyl halides is 3. The van der Waals surface area contributed by atoms with Crippen molar-refractivity contribution in [1.82, 2.24) is 15.8 Å². The number of nitrogens with one attached hydrogen (secondary N) is 2.